The van der Waals surface area contributed by atoms with Gasteiger partial charge in [-0.1, -0.05) is 27.7 Å². The number of hydrogen-bond acceptors (Lipinski definition) is 6. The van der Waals surface area contributed by atoms with E-state index in [1.54, 1.807) is 31.2 Å². The van der Waals surface area contributed by atoms with Crippen molar-refractivity contribution in [1.82, 2.24) is 4.90 Å². The molecule has 1 amide bonds. The van der Waals surface area contributed by atoms with E-state index < -0.39 is 14.9 Å². The second kappa shape index (κ2) is 7.05. The third-order valence-corrected chi connectivity index (χ3v) is 7.86. The fourth-order valence-electron chi connectivity index (χ4n) is 2.40. The summed E-state index contributed by atoms with van der Waals surface area (Å²) < 4.78 is 4.04. The van der Waals surface area contributed by atoms with E-state index >= 15 is 0 Å². The van der Waals surface area contributed by atoms with Gasteiger partial charge in [0.2, 0.25) is 5.91 Å². The standard InChI is InChI=1S/C16H14BrNO5S2/c1-2-23-15(22)9-3-5-10(6-4-9)24-16(17)11(14(20)21)8-18-12(19)7-13(18)25-16/h3-6,8,13H,2,7H2,1H3,(H,20,21)/t13-,16?/m1/s1. The summed E-state index contributed by atoms with van der Waals surface area (Å²) in [7, 11) is 0. The number of nitrogens with zero attached hydrogens (tertiary/aromatic N) is 1. The summed E-state index contributed by atoms with van der Waals surface area (Å²) in [5.74, 6) is -1.55. The maximum absolute atomic E-state index is 11.7. The minimum atomic E-state index is -1.09. The van der Waals surface area contributed by atoms with Crippen molar-refractivity contribution in [3.63, 3.8) is 0 Å². The molecular weight excluding hydrogens is 430 g/mol. The zero-order chi connectivity index (χ0) is 18.2. The number of amides is 1. The van der Waals surface area contributed by atoms with E-state index in [4.69, 9.17) is 4.74 Å². The Bertz CT molecular complexity index is 766. The summed E-state index contributed by atoms with van der Waals surface area (Å²) in [5.41, 5.74) is 0.539. The van der Waals surface area contributed by atoms with Crippen molar-refractivity contribution in [1.29, 1.82) is 0 Å². The normalized spacial score (nSPS) is 24.9. The monoisotopic (exact) mass is 443 g/mol. The van der Waals surface area contributed by atoms with Crippen LogP contribution in [-0.2, 0) is 14.3 Å². The average molecular weight is 444 g/mol. The highest BCUT2D eigenvalue weighted by Gasteiger charge is 2.50. The molecule has 1 N–H and O–H groups in total. The number of hydrogen-bond donors (Lipinski definition) is 1. The molecule has 1 saturated heterocycles. The van der Waals surface area contributed by atoms with Gasteiger partial charge in [-0.2, -0.15) is 0 Å². The Morgan fingerprint density at radius 3 is 2.68 bits per heavy atom. The summed E-state index contributed by atoms with van der Waals surface area (Å²) in [6.07, 6.45) is 1.80. The third-order valence-electron chi connectivity index (χ3n) is 3.67. The van der Waals surface area contributed by atoms with Gasteiger partial charge in [-0.25, -0.2) is 9.59 Å². The van der Waals surface area contributed by atoms with E-state index in [-0.39, 0.29) is 16.9 Å². The Kier molecular flexibility index (Phi) is 5.17. The number of alkyl halides is 1. The average Bonchev–Trinajstić information content (AvgIpc) is 2.54. The van der Waals surface area contributed by atoms with Crippen LogP contribution >= 0.6 is 39.5 Å². The lowest BCUT2D eigenvalue weighted by molar-refractivity contribution is -0.137. The summed E-state index contributed by atoms with van der Waals surface area (Å²) in [6.45, 7) is 2.05. The molecule has 0 radical (unpaired) electrons. The first-order chi connectivity index (χ1) is 11.8. The zero-order valence-electron chi connectivity index (χ0n) is 13.1. The number of esters is 1. The molecule has 1 fully saturated rings. The van der Waals surface area contributed by atoms with Gasteiger partial charge in [-0.05, 0) is 31.2 Å². The summed E-state index contributed by atoms with van der Waals surface area (Å²) in [5, 5.41) is 9.45. The molecule has 0 spiro atoms. The predicted octanol–water partition coefficient (Wildman–Crippen LogP) is 3.28. The lowest BCUT2D eigenvalue weighted by atomic mass is 10.2. The van der Waals surface area contributed by atoms with Gasteiger partial charge in [0.1, 0.15) is 0 Å². The maximum atomic E-state index is 11.7. The molecule has 9 heteroatoms. The highest BCUT2D eigenvalue weighted by molar-refractivity contribution is 9.14. The van der Waals surface area contributed by atoms with Crippen molar-refractivity contribution in [2.45, 2.75) is 26.6 Å². The number of halogens is 1. The number of thioether (sulfide) groups is 2. The first-order valence-corrected chi connectivity index (χ1v) is 9.92. The number of rotatable bonds is 5. The first-order valence-electron chi connectivity index (χ1n) is 7.43. The molecule has 25 heavy (non-hydrogen) atoms. The van der Waals surface area contributed by atoms with Gasteiger partial charge >= 0.3 is 11.9 Å². The van der Waals surface area contributed by atoms with Crippen molar-refractivity contribution >= 4 is 57.3 Å². The lowest BCUT2D eigenvalue weighted by Crippen LogP contribution is -2.52. The topological polar surface area (TPSA) is 83.9 Å². The Balaban J connectivity index is 1.82. The molecule has 3 rings (SSSR count). The number of fused-ring (bicyclic) bond motifs is 1. The van der Waals surface area contributed by atoms with Gasteiger partial charge in [0.15, 0.2) is 2.99 Å². The Morgan fingerprint density at radius 2 is 2.12 bits per heavy atom. The maximum Gasteiger partial charge on any atom is 0.338 e. The molecule has 1 unspecified atom stereocenters. The molecule has 2 aliphatic rings. The minimum Gasteiger partial charge on any atom is -0.478 e. The van der Waals surface area contributed by atoms with Gasteiger partial charge in [-0.15, -0.1) is 11.8 Å². The number of carbonyl (C=O) groups excluding carboxylic acids is 2. The molecule has 0 saturated carbocycles. The number of carbonyl (C=O) groups is 3. The highest BCUT2D eigenvalue weighted by atomic mass is 79.9. The van der Waals surface area contributed by atoms with E-state index in [0.29, 0.717) is 18.6 Å². The molecule has 2 aliphatic heterocycles. The van der Waals surface area contributed by atoms with Crippen LogP contribution in [0.25, 0.3) is 0 Å². The molecule has 132 valence electrons. The van der Waals surface area contributed by atoms with Crippen molar-refractivity contribution in [2.24, 2.45) is 0 Å². The molecule has 6 nitrogen and oxygen atoms in total. The van der Waals surface area contributed by atoms with Crippen LogP contribution < -0.4 is 0 Å². The molecular formula is C16H14BrNO5S2. The van der Waals surface area contributed by atoms with Gasteiger partial charge < -0.3 is 14.7 Å². The van der Waals surface area contributed by atoms with E-state index in [0.717, 1.165) is 4.90 Å². The van der Waals surface area contributed by atoms with Crippen LogP contribution in [-0.4, -0.2) is 42.8 Å². The molecule has 2 atom stereocenters. The number of carboxylic acids is 1. The van der Waals surface area contributed by atoms with Crippen LogP contribution in [0.5, 0.6) is 0 Å². The summed E-state index contributed by atoms with van der Waals surface area (Å²) >= 11 is 6.24. The summed E-state index contributed by atoms with van der Waals surface area (Å²) in [4.78, 5) is 37.2. The smallest absolute Gasteiger partial charge is 0.338 e. The molecule has 0 aliphatic carbocycles. The van der Waals surface area contributed by atoms with Crippen molar-refractivity contribution in [3.8, 4) is 0 Å². The van der Waals surface area contributed by atoms with Crippen molar-refractivity contribution in [3.05, 3.63) is 41.6 Å². The Morgan fingerprint density at radius 1 is 1.44 bits per heavy atom. The Hall–Kier alpha value is -1.45. The fraction of sp³-hybridized carbons (Fsp3) is 0.312. The second-order valence-corrected chi connectivity index (χ2v) is 10.5. The zero-order valence-corrected chi connectivity index (χ0v) is 16.3. The molecule has 0 aromatic heterocycles. The fourth-order valence-corrected chi connectivity index (χ4v) is 6.65. The van der Waals surface area contributed by atoms with E-state index in [1.807, 2.05) is 0 Å². The van der Waals surface area contributed by atoms with Gasteiger partial charge in [0.05, 0.1) is 29.5 Å². The number of benzene rings is 1. The largest absolute Gasteiger partial charge is 0.478 e. The number of aliphatic carboxylic acids is 1. The molecule has 1 aromatic rings. The molecule has 2 heterocycles. The number of ether oxygens (including phenoxy) is 1. The number of carboxylic acid groups (broad SMARTS) is 1. The van der Waals surface area contributed by atoms with E-state index in [2.05, 4.69) is 15.9 Å². The lowest BCUT2D eigenvalue weighted by Gasteiger charge is -2.46. The van der Waals surface area contributed by atoms with Crippen LogP contribution in [0.4, 0.5) is 0 Å². The molecule has 0 bridgehead atoms. The van der Waals surface area contributed by atoms with E-state index in [9.17, 15) is 19.5 Å². The first kappa shape index (κ1) is 18.3. The van der Waals surface area contributed by atoms with Crippen LogP contribution in [0, 0.1) is 0 Å². The van der Waals surface area contributed by atoms with Crippen molar-refractivity contribution < 1.29 is 24.2 Å². The van der Waals surface area contributed by atoms with Gasteiger partial charge in [0.25, 0.3) is 0 Å². The van der Waals surface area contributed by atoms with E-state index in [1.165, 1.54) is 34.6 Å². The minimum absolute atomic E-state index is 0.0683. The third kappa shape index (κ3) is 3.58. The van der Waals surface area contributed by atoms with Gasteiger partial charge in [0, 0.05) is 11.1 Å². The van der Waals surface area contributed by atoms with Crippen LogP contribution in [0.1, 0.15) is 23.7 Å². The van der Waals surface area contributed by atoms with Crippen LogP contribution in [0.15, 0.2) is 40.9 Å². The van der Waals surface area contributed by atoms with Crippen molar-refractivity contribution in [2.75, 3.05) is 6.61 Å². The predicted molar refractivity (Wildman–Crippen MR) is 98.5 cm³/mol. The highest BCUT2D eigenvalue weighted by Crippen LogP contribution is 2.58. The quantitative estimate of drug-likeness (QED) is 0.424. The number of β-lactam (4-membered cyclic amide) rings is 1. The van der Waals surface area contributed by atoms with Crippen LogP contribution in [0.3, 0.4) is 0 Å². The Labute approximate surface area is 161 Å². The summed E-state index contributed by atoms with van der Waals surface area (Å²) in [6, 6.07) is 6.79. The second-order valence-electron chi connectivity index (χ2n) is 5.31. The van der Waals surface area contributed by atoms with Gasteiger partial charge in [-0.3, -0.25) is 4.79 Å². The SMILES string of the molecule is CCOC(=O)c1ccc(SC2(Br)S[C@@H]3CC(=O)N3C=C2C(=O)O)cc1. The molecule has 1 aromatic carbocycles. The van der Waals surface area contributed by atoms with Crippen LogP contribution in [0.2, 0.25) is 0 Å².